The average Bonchev–Trinajstić information content (AvgIpc) is 3.01. The first-order valence-corrected chi connectivity index (χ1v) is 10.1. The molecule has 1 N–H and O–H groups in total. The summed E-state index contributed by atoms with van der Waals surface area (Å²) < 4.78 is 0. The van der Waals surface area contributed by atoms with Crippen molar-refractivity contribution in [1.82, 2.24) is 0 Å². The Morgan fingerprint density at radius 1 is 1.10 bits per heavy atom. The van der Waals surface area contributed by atoms with Crippen molar-refractivity contribution in [1.29, 1.82) is 10.5 Å². The fraction of sp³-hybridized carbons (Fsp3) is 0.391. The Balaban J connectivity index is 2.58. The second-order valence-electron chi connectivity index (χ2n) is 9.01. The topological polar surface area (TPSA) is 89.0 Å². The fourth-order valence-electron chi connectivity index (χ4n) is 2.53. The number of hydrogen-bond acceptors (Lipinski definition) is 5. The summed E-state index contributed by atoms with van der Waals surface area (Å²) in [7, 11) is 0. The molecule has 0 radical (unpaired) electrons. The van der Waals surface area contributed by atoms with Gasteiger partial charge in [-0.25, -0.2) is 4.99 Å². The van der Waals surface area contributed by atoms with Crippen LogP contribution in [-0.2, 0) is 4.79 Å². The Kier molecular flexibility index (Phi) is 6.40. The van der Waals surface area contributed by atoms with Gasteiger partial charge >= 0.3 is 0 Å². The Hall–Kier alpha value is -2.83. The van der Waals surface area contributed by atoms with Crippen LogP contribution in [0.3, 0.4) is 0 Å². The third-order valence-electron chi connectivity index (χ3n) is 4.29. The van der Waals surface area contributed by atoms with Gasteiger partial charge in [0.25, 0.3) is 0 Å². The first-order valence-electron chi connectivity index (χ1n) is 9.32. The number of carbonyl (C=O) groups is 1. The van der Waals surface area contributed by atoms with Crippen LogP contribution in [0.2, 0.25) is 0 Å². The van der Waals surface area contributed by atoms with E-state index < -0.39 is 5.41 Å². The SMILES string of the molecule is Cc1ccc(N=C2SC(=C(C#N)C#N)C=C2C(C)(C)C)c(NC(=O)C(C)(C)C)c1. The lowest BCUT2D eigenvalue weighted by molar-refractivity contribution is -0.123. The van der Waals surface area contributed by atoms with Gasteiger partial charge in [-0.2, -0.15) is 10.5 Å². The van der Waals surface area contributed by atoms with Gasteiger partial charge in [0.05, 0.1) is 11.4 Å². The molecule has 0 bridgehead atoms. The van der Waals surface area contributed by atoms with Crippen LogP contribution in [0.1, 0.15) is 47.1 Å². The number of benzene rings is 1. The summed E-state index contributed by atoms with van der Waals surface area (Å²) in [4.78, 5) is 18.0. The lowest BCUT2D eigenvalue weighted by Crippen LogP contribution is -2.27. The number of carbonyl (C=O) groups excluding carboxylic acids is 1. The summed E-state index contributed by atoms with van der Waals surface area (Å²) in [5, 5.41) is 22.2. The molecule has 1 aromatic rings. The number of rotatable bonds is 2. The molecule has 29 heavy (non-hydrogen) atoms. The number of thioether (sulfide) groups is 1. The highest BCUT2D eigenvalue weighted by molar-refractivity contribution is 8.18. The lowest BCUT2D eigenvalue weighted by atomic mass is 9.86. The van der Waals surface area contributed by atoms with E-state index in [4.69, 9.17) is 4.99 Å². The first kappa shape index (κ1) is 22.5. The molecule has 0 spiro atoms. The van der Waals surface area contributed by atoms with Gasteiger partial charge in [0, 0.05) is 10.3 Å². The van der Waals surface area contributed by atoms with Crippen LogP contribution in [-0.4, -0.2) is 11.0 Å². The molecule has 1 amide bonds. The van der Waals surface area contributed by atoms with E-state index in [-0.39, 0.29) is 16.9 Å². The number of aryl methyl sites for hydroxylation is 1. The van der Waals surface area contributed by atoms with Crippen LogP contribution in [0, 0.1) is 40.4 Å². The first-order chi connectivity index (χ1) is 13.4. The largest absolute Gasteiger partial charge is 0.324 e. The van der Waals surface area contributed by atoms with Crippen molar-refractivity contribution in [2.75, 3.05) is 5.32 Å². The number of anilines is 1. The van der Waals surface area contributed by atoms with Crippen LogP contribution in [0.25, 0.3) is 0 Å². The standard InChI is InChI=1S/C23H26N4OS/c1-14-8-9-17(18(10-14)27-21(28)23(5,6)7)26-20-16(22(2,3)4)11-19(29-20)15(12-24)13-25/h8-11H,1-7H3,(H,27,28). The number of aliphatic imine (C=N–C) groups is 1. The molecule has 0 saturated carbocycles. The molecular weight excluding hydrogens is 380 g/mol. The van der Waals surface area contributed by atoms with Crippen LogP contribution in [0.5, 0.6) is 0 Å². The second-order valence-corrected chi connectivity index (χ2v) is 10.0. The van der Waals surface area contributed by atoms with E-state index >= 15 is 0 Å². The molecule has 0 fully saturated rings. The van der Waals surface area contributed by atoms with Crippen molar-refractivity contribution in [3.05, 3.63) is 45.9 Å². The van der Waals surface area contributed by atoms with Gasteiger partial charge in [0.15, 0.2) is 0 Å². The molecule has 0 atom stereocenters. The maximum absolute atomic E-state index is 12.5. The third kappa shape index (κ3) is 5.37. The van der Waals surface area contributed by atoms with Crippen LogP contribution in [0.15, 0.2) is 45.3 Å². The molecule has 0 aliphatic carbocycles. The molecule has 2 rings (SSSR count). The quantitative estimate of drug-likeness (QED) is 0.607. The molecule has 150 valence electrons. The maximum Gasteiger partial charge on any atom is 0.229 e. The van der Waals surface area contributed by atoms with E-state index in [0.29, 0.717) is 16.3 Å². The molecule has 1 aromatic carbocycles. The predicted molar refractivity (Wildman–Crippen MR) is 120 cm³/mol. The Morgan fingerprint density at radius 2 is 1.72 bits per heavy atom. The molecule has 0 saturated heterocycles. The minimum Gasteiger partial charge on any atom is -0.324 e. The summed E-state index contributed by atoms with van der Waals surface area (Å²) in [6, 6.07) is 9.62. The zero-order valence-electron chi connectivity index (χ0n) is 18.0. The number of allylic oxidation sites excluding steroid dienone is 2. The molecule has 1 heterocycles. The van der Waals surface area contributed by atoms with Crippen LogP contribution in [0.4, 0.5) is 11.4 Å². The van der Waals surface area contributed by atoms with Crippen molar-refractivity contribution in [2.24, 2.45) is 15.8 Å². The average molecular weight is 407 g/mol. The van der Waals surface area contributed by atoms with Crippen LogP contribution < -0.4 is 5.32 Å². The van der Waals surface area contributed by atoms with E-state index in [1.54, 1.807) is 0 Å². The second kappa shape index (κ2) is 8.27. The summed E-state index contributed by atoms with van der Waals surface area (Å²) >= 11 is 1.31. The zero-order valence-corrected chi connectivity index (χ0v) is 18.8. The fourth-order valence-corrected chi connectivity index (χ4v) is 3.72. The summed E-state index contributed by atoms with van der Waals surface area (Å²) in [6.45, 7) is 13.7. The molecule has 1 aliphatic rings. The normalized spacial score (nSPS) is 15.6. The summed E-state index contributed by atoms with van der Waals surface area (Å²) in [5.74, 6) is -0.0907. The number of hydrogen-bond donors (Lipinski definition) is 1. The van der Waals surface area contributed by atoms with Crippen molar-refractivity contribution >= 4 is 34.1 Å². The predicted octanol–water partition coefficient (Wildman–Crippen LogP) is 6.03. The van der Waals surface area contributed by atoms with E-state index in [9.17, 15) is 15.3 Å². The Morgan fingerprint density at radius 3 is 2.24 bits per heavy atom. The van der Waals surface area contributed by atoms with Crippen molar-refractivity contribution in [3.8, 4) is 12.1 Å². The highest BCUT2D eigenvalue weighted by Crippen LogP contribution is 2.44. The number of amides is 1. The van der Waals surface area contributed by atoms with E-state index in [1.165, 1.54) is 11.8 Å². The maximum atomic E-state index is 12.5. The highest BCUT2D eigenvalue weighted by Gasteiger charge is 2.30. The number of nitrogens with one attached hydrogen (secondary N) is 1. The molecule has 1 aliphatic heterocycles. The van der Waals surface area contributed by atoms with Crippen molar-refractivity contribution in [3.63, 3.8) is 0 Å². The smallest absolute Gasteiger partial charge is 0.229 e. The summed E-state index contributed by atoms with van der Waals surface area (Å²) in [5.41, 5.74) is 2.58. The molecule has 0 unspecified atom stereocenters. The Labute approximate surface area is 177 Å². The molecule has 6 heteroatoms. The minimum atomic E-state index is -0.531. The number of nitriles is 2. The van der Waals surface area contributed by atoms with Gasteiger partial charge in [-0.05, 0) is 41.7 Å². The van der Waals surface area contributed by atoms with Gasteiger partial charge < -0.3 is 5.32 Å². The van der Waals surface area contributed by atoms with E-state index in [2.05, 4.69) is 26.1 Å². The van der Waals surface area contributed by atoms with Gasteiger partial charge in [-0.1, -0.05) is 59.4 Å². The van der Waals surface area contributed by atoms with Gasteiger partial charge in [-0.3, -0.25) is 4.79 Å². The van der Waals surface area contributed by atoms with Crippen molar-refractivity contribution < 1.29 is 4.79 Å². The van der Waals surface area contributed by atoms with Gasteiger partial charge in [0.1, 0.15) is 22.8 Å². The third-order valence-corrected chi connectivity index (χ3v) is 5.34. The molecule has 5 nitrogen and oxygen atoms in total. The van der Waals surface area contributed by atoms with Crippen molar-refractivity contribution in [2.45, 2.75) is 48.5 Å². The summed E-state index contributed by atoms with van der Waals surface area (Å²) in [6.07, 6.45) is 1.87. The van der Waals surface area contributed by atoms with Crippen LogP contribution >= 0.6 is 11.8 Å². The Bertz CT molecular complexity index is 1000. The lowest BCUT2D eigenvalue weighted by Gasteiger charge is -2.21. The van der Waals surface area contributed by atoms with E-state index in [1.807, 2.05) is 64.1 Å². The highest BCUT2D eigenvalue weighted by atomic mass is 32.2. The zero-order chi connectivity index (χ0) is 22.0. The number of nitrogens with zero attached hydrogens (tertiary/aromatic N) is 3. The minimum absolute atomic E-state index is 0.0760. The van der Waals surface area contributed by atoms with E-state index in [0.717, 1.165) is 16.2 Å². The molecular formula is C23H26N4OS. The van der Waals surface area contributed by atoms with Gasteiger partial charge in [-0.15, -0.1) is 0 Å². The molecule has 0 aromatic heterocycles. The van der Waals surface area contributed by atoms with Gasteiger partial charge in [0.2, 0.25) is 5.91 Å². The monoisotopic (exact) mass is 406 g/mol.